The molecule has 0 radical (unpaired) electrons. The number of carbonyl (C=O) groups excluding carboxylic acids is 1. The third-order valence-electron chi connectivity index (χ3n) is 3.34. The molecular formula is C19H19ClN2O3. The summed E-state index contributed by atoms with van der Waals surface area (Å²) in [4.78, 5) is 12.1. The van der Waals surface area contributed by atoms with Crippen molar-refractivity contribution in [1.29, 1.82) is 0 Å². The number of hydrazone groups is 1. The molecule has 2 rings (SSSR count). The molecule has 2 aromatic carbocycles. The highest BCUT2D eigenvalue weighted by molar-refractivity contribution is 6.33. The summed E-state index contributed by atoms with van der Waals surface area (Å²) in [5.74, 6) is 0.0386. The first-order chi connectivity index (χ1) is 12.1. The average Bonchev–Trinajstić information content (AvgIpc) is 2.59. The van der Waals surface area contributed by atoms with Crippen molar-refractivity contribution >= 4 is 23.7 Å². The van der Waals surface area contributed by atoms with E-state index in [-0.39, 0.29) is 5.75 Å². The number of benzene rings is 2. The van der Waals surface area contributed by atoms with Crippen LogP contribution in [0, 0.1) is 0 Å². The predicted octanol–water partition coefficient (Wildman–Crippen LogP) is 3.94. The van der Waals surface area contributed by atoms with Gasteiger partial charge in [-0.05, 0) is 43.2 Å². The number of halogens is 1. The van der Waals surface area contributed by atoms with Crippen LogP contribution in [0.3, 0.4) is 0 Å². The quantitative estimate of drug-likeness (QED) is 0.447. The van der Waals surface area contributed by atoms with Gasteiger partial charge >= 0.3 is 0 Å². The number of allylic oxidation sites excluding steroid dienone is 1. The number of carbonyl (C=O) groups is 1. The van der Waals surface area contributed by atoms with Crippen LogP contribution in [-0.4, -0.2) is 23.8 Å². The molecule has 0 aromatic heterocycles. The molecule has 2 aromatic rings. The smallest absolute Gasteiger partial charge is 0.272 e. The van der Waals surface area contributed by atoms with Gasteiger partial charge in [0.2, 0.25) is 0 Å². The molecule has 0 aliphatic carbocycles. The Balaban J connectivity index is 2.18. The molecule has 0 fully saturated rings. The third kappa shape index (κ3) is 4.84. The highest BCUT2D eigenvalue weighted by Gasteiger charge is 2.10. The topological polar surface area (TPSA) is 70.9 Å². The van der Waals surface area contributed by atoms with Crippen molar-refractivity contribution in [2.45, 2.75) is 13.3 Å². The lowest BCUT2D eigenvalue weighted by atomic mass is 10.1. The Morgan fingerprint density at radius 2 is 2.16 bits per heavy atom. The lowest BCUT2D eigenvalue weighted by Gasteiger charge is -2.10. The zero-order chi connectivity index (χ0) is 18.2. The first-order valence-corrected chi connectivity index (χ1v) is 8.12. The van der Waals surface area contributed by atoms with Crippen LogP contribution in [0.1, 0.15) is 28.4 Å². The van der Waals surface area contributed by atoms with Crippen LogP contribution in [0.5, 0.6) is 11.5 Å². The molecule has 5 nitrogen and oxygen atoms in total. The number of rotatable bonds is 7. The monoisotopic (exact) mass is 358 g/mol. The first-order valence-electron chi connectivity index (χ1n) is 7.74. The van der Waals surface area contributed by atoms with Crippen LogP contribution < -0.4 is 10.2 Å². The van der Waals surface area contributed by atoms with Gasteiger partial charge in [0.05, 0.1) is 23.4 Å². The van der Waals surface area contributed by atoms with Gasteiger partial charge < -0.3 is 9.84 Å². The van der Waals surface area contributed by atoms with E-state index in [0.29, 0.717) is 40.5 Å². The molecular weight excluding hydrogens is 340 g/mol. The molecule has 0 bridgehead atoms. The maximum atomic E-state index is 12.1. The van der Waals surface area contributed by atoms with E-state index in [4.69, 9.17) is 16.3 Å². The summed E-state index contributed by atoms with van der Waals surface area (Å²) in [6.45, 7) is 5.93. The summed E-state index contributed by atoms with van der Waals surface area (Å²) in [5, 5.41) is 14.5. The van der Waals surface area contributed by atoms with Gasteiger partial charge in [-0.3, -0.25) is 4.79 Å². The predicted molar refractivity (Wildman–Crippen MR) is 99.7 cm³/mol. The van der Waals surface area contributed by atoms with Crippen LogP contribution >= 0.6 is 11.6 Å². The first kappa shape index (κ1) is 18.5. The summed E-state index contributed by atoms with van der Waals surface area (Å²) < 4.78 is 5.43. The number of nitrogens with zero attached hydrogens (tertiary/aromatic N) is 1. The second-order valence-electron chi connectivity index (χ2n) is 5.13. The van der Waals surface area contributed by atoms with Crippen LogP contribution in [0.15, 0.2) is 54.2 Å². The van der Waals surface area contributed by atoms with Crippen molar-refractivity contribution in [3.05, 3.63) is 70.8 Å². The van der Waals surface area contributed by atoms with Crippen molar-refractivity contribution in [2.75, 3.05) is 6.61 Å². The van der Waals surface area contributed by atoms with Gasteiger partial charge in [0.25, 0.3) is 5.91 Å². The van der Waals surface area contributed by atoms with Crippen molar-refractivity contribution in [1.82, 2.24) is 5.43 Å². The largest absolute Gasteiger partial charge is 0.504 e. The summed E-state index contributed by atoms with van der Waals surface area (Å²) in [6.07, 6.45) is 3.65. The van der Waals surface area contributed by atoms with Crippen molar-refractivity contribution in [2.24, 2.45) is 5.10 Å². The van der Waals surface area contributed by atoms with E-state index in [0.717, 1.165) is 0 Å². The van der Waals surface area contributed by atoms with Crippen LogP contribution in [-0.2, 0) is 6.42 Å². The molecule has 0 unspecified atom stereocenters. The number of aromatic hydroxyl groups is 1. The third-order valence-corrected chi connectivity index (χ3v) is 3.67. The summed E-state index contributed by atoms with van der Waals surface area (Å²) in [6, 6.07) is 10.1. The lowest BCUT2D eigenvalue weighted by molar-refractivity contribution is 0.0955. The zero-order valence-corrected chi connectivity index (χ0v) is 14.6. The van der Waals surface area contributed by atoms with Gasteiger partial charge in [-0.25, -0.2) is 5.43 Å². The normalized spacial score (nSPS) is 10.6. The Morgan fingerprint density at radius 1 is 1.40 bits per heavy atom. The molecule has 0 saturated carbocycles. The van der Waals surface area contributed by atoms with Crippen LogP contribution in [0.4, 0.5) is 0 Å². The molecule has 2 N–H and O–H groups in total. The number of amides is 1. The molecule has 0 aliphatic heterocycles. The second kappa shape index (κ2) is 8.89. The number of hydrogen-bond acceptors (Lipinski definition) is 4. The fourth-order valence-corrected chi connectivity index (χ4v) is 2.43. The summed E-state index contributed by atoms with van der Waals surface area (Å²) in [5.41, 5.74) is 4.12. The molecule has 130 valence electrons. The minimum atomic E-state index is -0.406. The fraction of sp³-hybridized carbons (Fsp3) is 0.158. The van der Waals surface area contributed by atoms with Crippen molar-refractivity contribution < 1.29 is 14.6 Å². The minimum absolute atomic E-state index is 0.0824. The van der Waals surface area contributed by atoms with Gasteiger partial charge in [-0.1, -0.05) is 29.8 Å². The Labute approximate surface area is 151 Å². The van der Waals surface area contributed by atoms with E-state index >= 15 is 0 Å². The molecule has 0 heterocycles. The molecule has 0 spiro atoms. The molecule has 0 saturated heterocycles. The van der Waals surface area contributed by atoms with E-state index in [9.17, 15) is 9.90 Å². The van der Waals surface area contributed by atoms with Crippen molar-refractivity contribution in [3.63, 3.8) is 0 Å². The SMILES string of the molecule is C=CCc1cc(/C=N\NC(=O)c2ccccc2Cl)cc(OCC)c1O. The maximum absolute atomic E-state index is 12.1. The van der Waals surface area contributed by atoms with E-state index < -0.39 is 5.91 Å². The van der Waals surface area contributed by atoms with E-state index in [1.807, 2.05) is 6.92 Å². The second-order valence-corrected chi connectivity index (χ2v) is 5.54. The van der Waals surface area contributed by atoms with Gasteiger partial charge in [-0.2, -0.15) is 5.10 Å². The van der Waals surface area contributed by atoms with E-state index in [1.165, 1.54) is 6.21 Å². The Morgan fingerprint density at radius 3 is 2.84 bits per heavy atom. The highest BCUT2D eigenvalue weighted by Crippen LogP contribution is 2.31. The van der Waals surface area contributed by atoms with E-state index in [1.54, 1.807) is 42.5 Å². The van der Waals surface area contributed by atoms with E-state index in [2.05, 4.69) is 17.1 Å². The fourth-order valence-electron chi connectivity index (χ4n) is 2.21. The molecule has 25 heavy (non-hydrogen) atoms. The summed E-state index contributed by atoms with van der Waals surface area (Å²) in [7, 11) is 0. The van der Waals surface area contributed by atoms with Gasteiger partial charge in [0.1, 0.15) is 0 Å². The van der Waals surface area contributed by atoms with Crippen molar-refractivity contribution in [3.8, 4) is 11.5 Å². The Kier molecular flexibility index (Phi) is 6.60. The molecule has 0 aliphatic rings. The number of hydrogen-bond donors (Lipinski definition) is 2. The highest BCUT2D eigenvalue weighted by atomic mass is 35.5. The number of phenolic OH excluding ortho intramolecular Hbond substituents is 1. The molecule has 0 atom stereocenters. The van der Waals surface area contributed by atoms with Crippen LogP contribution in [0.25, 0.3) is 0 Å². The minimum Gasteiger partial charge on any atom is -0.504 e. The standard InChI is InChI=1S/C19H19ClN2O3/c1-3-7-14-10-13(11-17(18(14)23)25-4-2)12-21-22-19(24)15-8-5-6-9-16(15)20/h3,5-6,8-12,23H,1,4,7H2,2H3,(H,22,24)/b21-12-. The molecule has 6 heteroatoms. The average molecular weight is 359 g/mol. The van der Waals surface area contributed by atoms with Gasteiger partial charge in [0, 0.05) is 5.56 Å². The zero-order valence-electron chi connectivity index (χ0n) is 13.8. The molecule has 1 amide bonds. The van der Waals surface area contributed by atoms with Gasteiger partial charge in [0.15, 0.2) is 11.5 Å². The van der Waals surface area contributed by atoms with Gasteiger partial charge in [-0.15, -0.1) is 6.58 Å². The number of phenols is 1. The Bertz CT molecular complexity index is 803. The van der Waals surface area contributed by atoms with Crippen LogP contribution in [0.2, 0.25) is 5.02 Å². The number of ether oxygens (including phenoxy) is 1. The number of nitrogens with one attached hydrogen (secondary N) is 1. The lowest BCUT2D eigenvalue weighted by Crippen LogP contribution is -2.17. The summed E-state index contributed by atoms with van der Waals surface area (Å²) >= 11 is 5.98. The Hall–Kier alpha value is -2.79. The maximum Gasteiger partial charge on any atom is 0.272 e.